The Labute approximate surface area is 73.7 Å². The highest BCUT2D eigenvalue weighted by molar-refractivity contribution is 5.75. The molecule has 1 rings (SSSR count). The molecule has 0 spiro atoms. The molecule has 0 saturated heterocycles. The van der Waals surface area contributed by atoms with Gasteiger partial charge in [-0.25, -0.2) is 9.18 Å². The molecule has 1 aliphatic rings. The summed E-state index contributed by atoms with van der Waals surface area (Å²) in [4.78, 5) is 10.2. The number of rotatable bonds is 2. The highest BCUT2D eigenvalue weighted by atomic mass is 19.3. The zero-order chi connectivity index (χ0) is 10.1. The number of aliphatic carboxylic acids is 1. The summed E-state index contributed by atoms with van der Waals surface area (Å²) in [6.07, 6.45) is -0.899. The van der Waals surface area contributed by atoms with E-state index in [0.29, 0.717) is 6.42 Å². The number of hydrogen-bond acceptors (Lipinski definition) is 1. The predicted molar refractivity (Wildman–Crippen MR) is 39.4 cm³/mol. The van der Waals surface area contributed by atoms with Crippen molar-refractivity contribution >= 4 is 5.97 Å². The third kappa shape index (κ3) is 2.14. The molecule has 1 fully saturated rings. The maximum absolute atomic E-state index is 12.8. The van der Waals surface area contributed by atoms with Crippen LogP contribution in [0.3, 0.4) is 0 Å². The summed E-state index contributed by atoms with van der Waals surface area (Å²) in [6.45, 7) is 0. The Balaban J connectivity index is 2.64. The van der Waals surface area contributed by atoms with Gasteiger partial charge in [-0.05, 0) is 19.3 Å². The van der Waals surface area contributed by atoms with Gasteiger partial charge < -0.3 is 5.11 Å². The molecule has 2 nitrogen and oxygen atoms in total. The highest BCUT2D eigenvalue weighted by Gasteiger charge is 2.48. The Morgan fingerprint density at radius 2 is 2.00 bits per heavy atom. The zero-order valence-electron chi connectivity index (χ0n) is 6.97. The van der Waals surface area contributed by atoms with Crippen molar-refractivity contribution < 1.29 is 23.1 Å². The van der Waals surface area contributed by atoms with Gasteiger partial charge in [-0.1, -0.05) is 6.42 Å². The second-order valence-corrected chi connectivity index (χ2v) is 3.39. The van der Waals surface area contributed by atoms with Crippen molar-refractivity contribution in [2.24, 2.45) is 5.92 Å². The van der Waals surface area contributed by atoms with E-state index < -0.39 is 24.0 Å². The van der Waals surface area contributed by atoms with Gasteiger partial charge in [-0.3, -0.25) is 0 Å². The lowest BCUT2D eigenvalue weighted by Crippen LogP contribution is -2.40. The summed E-state index contributed by atoms with van der Waals surface area (Å²) < 4.78 is 38.4. The lowest BCUT2D eigenvalue weighted by atomic mass is 9.83. The van der Waals surface area contributed by atoms with E-state index in [1.54, 1.807) is 0 Å². The normalized spacial score (nSPS) is 30.1. The molecule has 0 aromatic rings. The first-order valence-corrected chi connectivity index (χ1v) is 4.20. The van der Waals surface area contributed by atoms with Crippen LogP contribution < -0.4 is 0 Å². The van der Waals surface area contributed by atoms with E-state index in [2.05, 4.69) is 0 Å². The van der Waals surface area contributed by atoms with Crippen LogP contribution in [0.5, 0.6) is 0 Å². The molecule has 2 atom stereocenters. The van der Waals surface area contributed by atoms with Crippen molar-refractivity contribution in [2.75, 3.05) is 0 Å². The van der Waals surface area contributed by atoms with E-state index in [1.165, 1.54) is 0 Å². The minimum atomic E-state index is -3.77. The molecule has 1 N–H and O–H groups in total. The molecule has 5 heteroatoms. The first-order valence-electron chi connectivity index (χ1n) is 4.20. The molecule has 1 aliphatic carbocycles. The number of carbonyl (C=O) groups is 1. The van der Waals surface area contributed by atoms with Crippen LogP contribution in [-0.2, 0) is 4.79 Å². The first-order chi connectivity index (χ1) is 5.94. The van der Waals surface area contributed by atoms with E-state index >= 15 is 0 Å². The van der Waals surface area contributed by atoms with Crippen molar-refractivity contribution in [2.45, 2.75) is 37.8 Å². The van der Waals surface area contributed by atoms with Gasteiger partial charge in [-0.15, -0.1) is 0 Å². The molecular weight excluding hydrogens is 185 g/mol. The fraction of sp³-hybridized carbons (Fsp3) is 0.875. The van der Waals surface area contributed by atoms with Crippen LogP contribution in [0, 0.1) is 5.92 Å². The topological polar surface area (TPSA) is 37.3 Å². The van der Waals surface area contributed by atoms with Crippen LogP contribution in [0.15, 0.2) is 0 Å². The molecule has 0 heterocycles. The van der Waals surface area contributed by atoms with Crippen molar-refractivity contribution in [3.63, 3.8) is 0 Å². The van der Waals surface area contributed by atoms with Gasteiger partial charge in [0.05, 0.1) is 0 Å². The summed E-state index contributed by atoms with van der Waals surface area (Å²) in [5.41, 5.74) is 0. The fourth-order valence-corrected chi connectivity index (χ4v) is 1.63. The van der Waals surface area contributed by atoms with Gasteiger partial charge in [-0.2, -0.15) is 8.78 Å². The highest BCUT2D eigenvalue weighted by Crippen LogP contribution is 2.37. The van der Waals surface area contributed by atoms with E-state index in [0.717, 1.165) is 0 Å². The second kappa shape index (κ2) is 3.55. The van der Waals surface area contributed by atoms with E-state index in [4.69, 9.17) is 5.11 Å². The fourth-order valence-electron chi connectivity index (χ4n) is 1.63. The van der Waals surface area contributed by atoms with E-state index in [1.807, 2.05) is 0 Å². The molecule has 0 aliphatic heterocycles. The Morgan fingerprint density at radius 3 is 2.46 bits per heavy atom. The standard InChI is InChI=1S/C8H11F3O2/c9-6-3-1-2-5(4-6)8(10,11)7(12)13/h5-6H,1-4H2,(H,12,13). The number of halogens is 3. The Hall–Kier alpha value is -0.740. The quantitative estimate of drug-likeness (QED) is 0.735. The Morgan fingerprint density at radius 1 is 1.38 bits per heavy atom. The van der Waals surface area contributed by atoms with Gasteiger partial charge in [0.2, 0.25) is 0 Å². The van der Waals surface area contributed by atoms with Crippen LogP contribution in [0.1, 0.15) is 25.7 Å². The summed E-state index contributed by atoms with van der Waals surface area (Å²) >= 11 is 0. The van der Waals surface area contributed by atoms with Crippen LogP contribution in [0.4, 0.5) is 13.2 Å². The van der Waals surface area contributed by atoms with Crippen LogP contribution in [0.25, 0.3) is 0 Å². The number of alkyl halides is 3. The maximum Gasteiger partial charge on any atom is 0.374 e. The smallest absolute Gasteiger partial charge is 0.374 e. The molecule has 13 heavy (non-hydrogen) atoms. The largest absolute Gasteiger partial charge is 0.477 e. The van der Waals surface area contributed by atoms with Crippen LogP contribution >= 0.6 is 0 Å². The van der Waals surface area contributed by atoms with E-state index in [9.17, 15) is 18.0 Å². The minimum absolute atomic E-state index is 0.0969. The van der Waals surface area contributed by atoms with Gasteiger partial charge in [0.25, 0.3) is 0 Å². The van der Waals surface area contributed by atoms with Gasteiger partial charge in [0, 0.05) is 5.92 Å². The summed E-state index contributed by atoms with van der Waals surface area (Å²) in [6, 6.07) is 0. The minimum Gasteiger partial charge on any atom is -0.477 e. The third-order valence-corrected chi connectivity index (χ3v) is 2.41. The molecule has 1 saturated carbocycles. The number of carboxylic acid groups (broad SMARTS) is 1. The molecular formula is C8H11F3O2. The Bertz CT molecular complexity index is 206. The SMILES string of the molecule is O=C(O)C(F)(F)C1CCCC(F)C1. The molecule has 0 aromatic heterocycles. The third-order valence-electron chi connectivity index (χ3n) is 2.41. The molecule has 2 unspecified atom stereocenters. The van der Waals surface area contributed by atoms with Crippen molar-refractivity contribution in [3.8, 4) is 0 Å². The maximum atomic E-state index is 12.8. The Kier molecular flexibility index (Phi) is 2.83. The monoisotopic (exact) mass is 196 g/mol. The van der Waals surface area contributed by atoms with Gasteiger partial charge in [0.15, 0.2) is 0 Å². The summed E-state index contributed by atoms with van der Waals surface area (Å²) in [7, 11) is 0. The number of hydrogen-bond donors (Lipinski definition) is 1. The lowest BCUT2D eigenvalue weighted by Gasteiger charge is -2.28. The van der Waals surface area contributed by atoms with Crippen LogP contribution in [0.2, 0.25) is 0 Å². The van der Waals surface area contributed by atoms with Gasteiger partial charge in [0.1, 0.15) is 6.17 Å². The van der Waals surface area contributed by atoms with E-state index in [-0.39, 0.29) is 19.3 Å². The first kappa shape index (κ1) is 10.3. The second-order valence-electron chi connectivity index (χ2n) is 3.39. The molecule has 0 amide bonds. The molecule has 0 aromatic carbocycles. The average Bonchev–Trinajstić information content (AvgIpc) is 2.04. The molecule has 0 bridgehead atoms. The van der Waals surface area contributed by atoms with Crippen molar-refractivity contribution in [1.82, 2.24) is 0 Å². The van der Waals surface area contributed by atoms with Crippen molar-refractivity contribution in [1.29, 1.82) is 0 Å². The lowest BCUT2D eigenvalue weighted by molar-refractivity contribution is -0.176. The summed E-state index contributed by atoms with van der Waals surface area (Å²) in [5, 5.41) is 8.21. The average molecular weight is 196 g/mol. The van der Waals surface area contributed by atoms with Crippen molar-refractivity contribution in [3.05, 3.63) is 0 Å². The zero-order valence-corrected chi connectivity index (χ0v) is 6.97. The molecule has 76 valence electrons. The van der Waals surface area contributed by atoms with Gasteiger partial charge >= 0.3 is 11.9 Å². The van der Waals surface area contributed by atoms with Crippen LogP contribution in [-0.4, -0.2) is 23.2 Å². The number of carboxylic acids is 1. The summed E-state index contributed by atoms with van der Waals surface area (Å²) in [5.74, 6) is -7.26. The molecule has 0 radical (unpaired) electrons. The predicted octanol–water partition coefficient (Wildman–Crippen LogP) is 2.23.